The number of esters is 1. The second-order valence-electron chi connectivity index (χ2n) is 18.9. The number of ether oxygens (including phenoxy) is 3. The van der Waals surface area contributed by atoms with Gasteiger partial charge in [0.05, 0.1) is 31.5 Å². The quantitative estimate of drug-likeness (QED) is 0.136. The number of carbonyl (C=O) groups is 2. The number of rotatable bonds is 10. The average molecular weight is 828 g/mol. The van der Waals surface area contributed by atoms with E-state index in [2.05, 4.69) is 56.5 Å². The number of likely N-dealkylation sites (N-methyl/N-ethyl adjacent to an activating group) is 1. The molecule has 1 aromatic heterocycles. The first kappa shape index (κ1) is 41.8. The molecule has 13 nitrogen and oxygen atoms in total. The van der Waals surface area contributed by atoms with Gasteiger partial charge in [0.25, 0.3) is 5.91 Å². The summed E-state index contributed by atoms with van der Waals surface area (Å²) in [5, 5.41) is 42.0. The Bertz CT molecular complexity index is 2120. The lowest BCUT2D eigenvalue weighted by atomic mass is 9.47. The van der Waals surface area contributed by atoms with Gasteiger partial charge in [-0.25, -0.2) is 0 Å². The fraction of sp³-hybridized carbons (Fsp3) is 0.660. The third-order valence-corrected chi connectivity index (χ3v) is 16.4. The number of hydrogen-bond donors (Lipinski definition) is 5. The largest absolute Gasteiger partial charge is 0.468 e. The number of fused-ring (bicyclic) bond motifs is 6. The summed E-state index contributed by atoms with van der Waals surface area (Å²) in [5.41, 5.74) is -1.54. The van der Waals surface area contributed by atoms with Gasteiger partial charge in [-0.05, 0) is 81.2 Å². The molecule has 2 aromatic rings. The minimum atomic E-state index is -2.22. The molecule has 13 heteroatoms. The van der Waals surface area contributed by atoms with Crippen LogP contribution in [0.3, 0.4) is 0 Å². The standard InChI is InChI=1S/C47H65N5O8/c1-7-43(56)25-29-26-46(42(55)59-6,37-31(15-20-51(27-29)28-43)30-13-10-11-14-34(30)49-37)33-23-32-35(24-36(33)58-5)50(4)39-45(32)17-21-52-19-12-16-44(8-2,38(45)52)40(53)47(39,57)41(54)48-18-22-60-9-3/h10-14,16,23-24,29,33,36,38-40,49,53,56-57H,7-9,15,17-22,25-28H2,1-6H3,(H,48,54)/t29-,33?,36?,38-,39+,40+,43-,44+,45+,46-,47-/m0/s1. The molecule has 1 spiro atoms. The zero-order chi connectivity index (χ0) is 42.4. The molecule has 2 aliphatic carbocycles. The minimum absolute atomic E-state index is 0.0490. The summed E-state index contributed by atoms with van der Waals surface area (Å²) in [5.74, 6) is -1.62. The molecule has 7 aliphatic rings. The minimum Gasteiger partial charge on any atom is -0.468 e. The highest BCUT2D eigenvalue weighted by atomic mass is 16.5. The van der Waals surface area contributed by atoms with E-state index in [-0.39, 0.29) is 31.1 Å². The number of nitrogens with zero attached hydrogens (tertiary/aromatic N) is 3. The third-order valence-electron chi connectivity index (χ3n) is 16.4. The average Bonchev–Trinajstić information content (AvgIpc) is 3.92. The number of carbonyl (C=O) groups excluding carboxylic acids is 2. The number of benzene rings is 1. The van der Waals surface area contributed by atoms with Crippen molar-refractivity contribution in [1.82, 2.24) is 25.0 Å². The number of hydrogen-bond acceptors (Lipinski definition) is 11. The summed E-state index contributed by atoms with van der Waals surface area (Å²) >= 11 is 0. The highest BCUT2D eigenvalue weighted by molar-refractivity contribution is 5.92. The van der Waals surface area contributed by atoms with Crippen LogP contribution >= 0.6 is 0 Å². The van der Waals surface area contributed by atoms with Crippen LogP contribution in [-0.2, 0) is 35.6 Å². The summed E-state index contributed by atoms with van der Waals surface area (Å²) in [6.45, 7) is 10.4. The van der Waals surface area contributed by atoms with Crippen LogP contribution in [0, 0.1) is 22.7 Å². The molecule has 5 aliphatic heterocycles. The fourth-order valence-corrected chi connectivity index (χ4v) is 14.0. The zero-order valence-corrected chi connectivity index (χ0v) is 36.2. The van der Waals surface area contributed by atoms with Crippen molar-refractivity contribution in [3.05, 3.63) is 71.1 Å². The Balaban J connectivity index is 1.29. The van der Waals surface area contributed by atoms with Crippen LogP contribution in [0.15, 0.2) is 59.8 Å². The van der Waals surface area contributed by atoms with Crippen LogP contribution in [0.5, 0.6) is 0 Å². The number of likely N-dealkylation sites (tertiary alicyclic amines) is 1. The molecule has 1 saturated carbocycles. The van der Waals surface area contributed by atoms with E-state index < -0.39 is 57.5 Å². The number of aliphatic hydroxyl groups excluding tert-OH is 1. The number of aliphatic hydroxyl groups is 3. The molecule has 1 aromatic carbocycles. The number of piperidine rings is 1. The molecular formula is C47H65N5O8. The Morgan fingerprint density at radius 1 is 1.03 bits per heavy atom. The van der Waals surface area contributed by atoms with E-state index in [9.17, 15) is 20.1 Å². The highest BCUT2D eigenvalue weighted by Crippen LogP contribution is 2.70. The topological polar surface area (TPSA) is 160 Å². The molecule has 2 bridgehead atoms. The van der Waals surface area contributed by atoms with Crippen LogP contribution in [0.2, 0.25) is 0 Å². The molecule has 326 valence electrons. The van der Waals surface area contributed by atoms with E-state index in [0.717, 1.165) is 46.5 Å². The predicted octanol–water partition coefficient (Wildman–Crippen LogP) is 3.04. The maximum absolute atomic E-state index is 15.4. The number of amides is 1. The molecule has 9 rings (SSSR count). The lowest BCUT2D eigenvalue weighted by Gasteiger charge is -2.63. The number of allylic oxidation sites excluding steroid dienone is 1. The molecule has 12 atom stereocenters. The predicted molar refractivity (Wildman–Crippen MR) is 227 cm³/mol. The van der Waals surface area contributed by atoms with E-state index in [4.69, 9.17) is 14.2 Å². The van der Waals surface area contributed by atoms with Crippen molar-refractivity contribution in [2.45, 2.75) is 100 Å². The van der Waals surface area contributed by atoms with E-state index >= 15 is 4.79 Å². The number of methoxy groups -OCH3 is 2. The second-order valence-corrected chi connectivity index (χ2v) is 18.9. The van der Waals surface area contributed by atoms with Crippen molar-refractivity contribution in [2.24, 2.45) is 22.7 Å². The Morgan fingerprint density at radius 2 is 1.83 bits per heavy atom. The molecular weight excluding hydrogens is 763 g/mol. The molecule has 5 N–H and O–H groups in total. The van der Waals surface area contributed by atoms with Crippen molar-refractivity contribution in [2.75, 3.05) is 73.7 Å². The molecule has 4 fully saturated rings. The molecule has 3 saturated heterocycles. The number of para-hydroxylation sites is 1. The lowest BCUT2D eigenvalue weighted by molar-refractivity contribution is -0.222. The number of aromatic amines is 1. The summed E-state index contributed by atoms with van der Waals surface area (Å²) in [6, 6.07) is 7.15. The molecule has 1 amide bonds. The van der Waals surface area contributed by atoms with Crippen LogP contribution in [0.1, 0.15) is 64.1 Å². The van der Waals surface area contributed by atoms with Crippen LogP contribution in [-0.4, -0.2) is 156 Å². The smallest absolute Gasteiger partial charge is 0.318 e. The summed E-state index contributed by atoms with van der Waals surface area (Å²) < 4.78 is 18.1. The van der Waals surface area contributed by atoms with Gasteiger partial charge < -0.3 is 44.7 Å². The Labute approximate surface area is 353 Å². The van der Waals surface area contributed by atoms with E-state index in [1.54, 1.807) is 7.11 Å². The number of aromatic nitrogens is 1. The first-order valence-corrected chi connectivity index (χ1v) is 22.3. The first-order chi connectivity index (χ1) is 28.8. The van der Waals surface area contributed by atoms with Crippen molar-refractivity contribution in [3.8, 4) is 0 Å². The van der Waals surface area contributed by atoms with Gasteiger partial charge >= 0.3 is 5.97 Å². The van der Waals surface area contributed by atoms with Crippen LogP contribution in [0.4, 0.5) is 0 Å². The Kier molecular flexibility index (Phi) is 10.5. The third kappa shape index (κ3) is 5.61. The van der Waals surface area contributed by atoms with Gasteiger partial charge in [-0.2, -0.15) is 0 Å². The van der Waals surface area contributed by atoms with E-state index in [1.807, 2.05) is 44.9 Å². The molecule has 6 heterocycles. The van der Waals surface area contributed by atoms with Crippen molar-refractivity contribution in [3.63, 3.8) is 0 Å². The van der Waals surface area contributed by atoms with Gasteiger partial charge in [0.15, 0.2) is 5.60 Å². The maximum Gasteiger partial charge on any atom is 0.318 e. The second kappa shape index (κ2) is 15.1. The summed E-state index contributed by atoms with van der Waals surface area (Å²) in [7, 11) is 5.07. The highest BCUT2D eigenvalue weighted by Gasteiger charge is 2.79. The van der Waals surface area contributed by atoms with Crippen molar-refractivity contribution in [1.29, 1.82) is 0 Å². The monoisotopic (exact) mass is 827 g/mol. The zero-order valence-electron chi connectivity index (χ0n) is 36.2. The van der Waals surface area contributed by atoms with E-state index in [1.165, 1.54) is 7.11 Å². The van der Waals surface area contributed by atoms with Crippen LogP contribution in [0.25, 0.3) is 10.9 Å². The van der Waals surface area contributed by atoms with Gasteiger partial charge in [0.2, 0.25) is 0 Å². The fourth-order valence-electron chi connectivity index (χ4n) is 14.0. The van der Waals surface area contributed by atoms with Gasteiger partial charge in [-0.15, -0.1) is 0 Å². The normalized spacial score (nSPS) is 40.6. The number of nitrogens with one attached hydrogen (secondary N) is 2. The number of H-pyrrole nitrogens is 1. The lowest BCUT2D eigenvalue weighted by Crippen LogP contribution is -2.80. The van der Waals surface area contributed by atoms with Gasteiger partial charge in [0, 0.05) is 98.6 Å². The SMILES string of the molecule is CCOCCNC(=O)[C@@]1(O)[C@H](O)[C@]2(CC)C=CCN3CC[C@@]4(C5=CC([C@@]6(C(=O)OC)C[C@H]7CN(CCc8c6[nH]c6ccccc86)C[C@](O)(CC)C7)C(OC)C=C5N(C)[C@@H]14)[C@@H]32. The van der Waals surface area contributed by atoms with Crippen molar-refractivity contribution < 1.29 is 39.1 Å². The van der Waals surface area contributed by atoms with Crippen molar-refractivity contribution >= 4 is 22.8 Å². The summed E-state index contributed by atoms with van der Waals surface area (Å²) in [6.07, 6.45) is 9.82. The summed E-state index contributed by atoms with van der Waals surface area (Å²) in [4.78, 5) is 40.7. The maximum atomic E-state index is 15.4. The van der Waals surface area contributed by atoms with Crippen LogP contribution < -0.4 is 5.32 Å². The van der Waals surface area contributed by atoms with E-state index in [0.29, 0.717) is 64.8 Å². The Hall–Kier alpha value is -3.56. The molecule has 0 radical (unpaired) electrons. The van der Waals surface area contributed by atoms with Gasteiger partial charge in [-0.1, -0.05) is 50.3 Å². The van der Waals surface area contributed by atoms with Gasteiger partial charge in [0.1, 0.15) is 11.5 Å². The molecule has 60 heavy (non-hydrogen) atoms. The molecule has 3 unspecified atom stereocenters. The first-order valence-electron chi connectivity index (χ1n) is 22.3. The van der Waals surface area contributed by atoms with Gasteiger partial charge in [-0.3, -0.25) is 19.4 Å². The Morgan fingerprint density at radius 3 is 2.57 bits per heavy atom.